The Labute approximate surface area is 130 Å². The predicted molar refractivity (Wildman–Crippen MR) is 78.4 cm³/mol. The first kappa shape index (κ1) is 15.7. The third kappa shape index (κ3) is 3.17. The van der Waals surface area contributed by atoms with Crippen LogP contribution in [0.4, 0.5) is 15.8 Å². The van der Waals surface area contributed by atoms with Gasteiger partial charge in [0.15, 0.2) is 10.3 Å². The number of nitrogens with zero attached hydrogens (tertiary/aromatic N) is 2. The van der Waals surface area contributed by atoms with Gasteiger partial charge in [0.1, 0.15) is 17.8 Å². The Morgan fingerprint density at radius 2 is 1.81 bits per heavy atom. The number of hydrogen-bond acceptors (Lipinski definition) is 5. The lowest BCUT2D eigenvalue weighted by molar-refractivity contribution is 0.593. The third-order valence-electron chi connectivity index (χ3n) is 2.66. The van der Waals surface area contributed by atoms with Crippen molar-refractivity contribution in [3.05, 3.63) is 40.1 Å². The van der Waals surface area contributed by atoms with Gasteiger partial charge < -0.3 is 5.73 Å². The zero-order chi connectivity index (χ0) is 15.8. The summed E-state index contributed by atoms with van der Waals surface area (Å²) < 4.78 is 40.2. The van der Waals surface area contributed by atoms with Gasteiger partial charge in [-0.2, -0.15) is 0 Å². The van der Waals surface area contributed by atoms with Gasteiger partial charge in [-0.25, -0.2) is 22.8 Å². The molecule has 0 radical (unpaired) electrons. The zero-order valence-corrected chi connectivity index (χ0v) is 12.9. The number of nitrogens with one attached hydrogen (secondary N) is 1. The second-order valence-corrected chi connectivity index (χ2v) is 6.45. The molecule has 0 saturated heterocycles. The first-order valence-electron chi connectivity index (χ1n) is 5.47. The fourth-order valence-electron chi connectivity index (χ4n) is 1.45. The van der Waals surface area contributed by atoms with Crippen molar-refractivity contribution in [2.45, 2.75) is 11.8 Å². The zero-order valence-electron chi connectivity index (χ0n) is 10.6. The molecule has 0 bridgehead atoms. The van der Waals surface area contributed by atoms with Crippen molar-refractivity contribution in [1.82, 2.24) is 9.97 Å². The summed E-state index contributed by atoms with van der Waals surface area (Å²) in [5, 5.41) is -0.363. The van der Waals surface area contributed by atoms with Crippen LogP contribution in [-0.2, 0) is 10.0 Å². The number of benzene rings is 1. The van der Waals surface area contributed by atoms with Gasteiger partial charge in [-0.15, -0.1) is 0 Å². The van der Waals surface area contributed by atoms with Gasteiger partial charge in [0.25, 0.3) is 10.0 Å². The molecule has 21 heavy (non-hydrogen) atoms. The molecule has 1 heterocycles. The SMILES string of the molecule is Cc1c(N)cc(S(=O)(=O)Nc2c(Cl)ncnc2Cl)cc1F. The second kappa shape index (κ2) is 5.63. The van der Waals surface area contributed by atoms with Crippen molar-refractivity contribution in [2.24, 2.45) is 0 Å². The van der Waals surface area contributed by atoms with Gasteiger partial charge in [-0.1, -0.05) is 23.2 Å². The minimum absolute atomic E-state index is 0.0110. The van der Waals surface area contributed by atoms with Crippen molar-refractivity contribution < 1.29 is 12.8 Å². The molecule has 0 amide bonds. The molecule has 6 nitrogen and oxygen atoms in total. The lowest BCUT2D eigenvalue weighted by Crippen LogP contribution is -2.15. The largest absolute Gasteiger partial charge is 0.398 e. The molecule has 0 aliphatic heterocycles. The molecule has 0 spiro atoms. The Bertz CT molecular complexity index is 771. The van der Waals surface area contributed by atoms with E-state index in [0.717, 1.165) is 18.5 Å². The average Bonchev–Trinajstić information content (AvgIpc) is 2.40. The maximum Gasteiger partial charge on any atom is 0.262 e. The Morgan fingerprint density at radius 1 is 1.24 bits per heavy atom. The van der Waals surface area contributed by atoms with E-state index in [1.807, 2.05) is 0 Å². The summed E-state index contributed by atoms with van der Waals surface area (Å²) in [7, 11) is -4.14. The number of anilines is 2. The van der Waals surface area contributed by atoms with Crippen LogP contribution in [0.5, 0.6) is 0 Å². The maximum atomic E-state index is 13.6. The first-order chi connectivity index (χ1) is 9.72. The number of hydrogen-bond donors (Lipinski definition) is 2. The van der Waals surface area contributed by atoms with E-state index in [1.165, 1.54) is 6.92 Å². The predicted octanol–water partition coefficient (Wildman–Crippen LogP) is 2.61. The van der Waals surface area contributed by atoms with E-state index in [0.29, 0.717) is 0 Å². The van der Waals surface area contributed by atoms with E-state index >= 15 is 0 Å². The molecule has 0 atom stereocenters. The molecule has 1 aromatic heterocycles. The third-order valence-corrected chi connectivity index (χ3v) is 4.56. The van der Waals surface area contributed by atoms with E-state index in [-0.39, 0.29) is 32.1 Å². The van der Waals surface area contributed by atoms with Gasteiger partial charge in [-0.3, -0.25) is 4.72 Å². The molecular formula is C11H9Cl2FN4O2S. The van der Waals surface area contributed by atoms with E-state index in [4.69, 9.17) is 28.9 Å². The lowest BCUT2D eigenvalue weighted by atomic mass is 10.2. The van der Waals surface area contributed by atoms with Gasteiger partial charge in [0, 0.05) is 11.3 Å². The van der Waals surface area contributed by atoms with Crippen LogP contribution in [0.3, 0.4) is 0 Å². The molecular weight excluding hydrogens is 342 g/mol. The Hall–Kier alpha value is -1.64. The fourth-order valence-corrected chi connectivity index (χ4v) is 3.09. The van der Waals surface area contributed by atoms with Crippen LogP contribution in [0.25, 0.3) is 0 Å². The summed E-state index contributed by atoms with van der Waals surface area (Å²) in [4.78, 5) is 6.86. The molecule has 10 heteroatoms. The van der Waals surface area contributed by atoms with Crippen LogP contribution in [0.1, 0.15) is 5.56 Å². The van der Waals surface area contributed by atoms with E-state index in [9.17, 15) is 12.8 Å². The average molecular weight is 351 g/mol. The summed E-state index contributed by atoms with van der Waals surface area (Å²) in [6.45, 7) is 1.44. The van der Waals surface area contributed by atoms with E-state index < -0.39 is 15.8 Å². The fraction of sp³-hybridized carbons (Fsp3) is 0.0909. The number of halogens is 3. The van der Waals surface area contributed by atoms with Crippen LogP contribution in [-0.4, -0.2) is 18.4 Å². The summed E-state index contributed by atoms with van der Waals surface area (Å²) in [6.07, 6.45) is 1.08. The normalized spacial score (nSPS) is 11.4. The van der Waals surface area contributed by atoms with Crippen molar-refractivity contribution in [3.8, 4) is 0 Å². The van der Waals surface area contributed by atoms with Crippen molar-refractivity contribution in [1.29, 1.82) is 0 Å². The van der Waals surface area contributed by atoms with Gasteiger partial charge in [-0.05, 0) is 19.1 Å². The van der Waals surface area contributed by atoms with Crippen molar-refractivity contribution in [3.63, 3.8) is 0 Å². The maximum absolute atomic E-state index is 13.6. The smallest absolute Gasteiger partial charge is 0.262 e. The van der Waals surface area contributed by atoms with Gasteiger partial charge >= 0.3 is 0 Å². The molecule has 1 aromatic carbocycles. The topological polar surface area (TPSA) is 98.0 Å². The van der Waals surface area contributed by atoms with Crippen molar-refractivity contribution >= 4 is 44.6 Å². The highest BCUT2D eigenvalue weighted by molar-refractivity contribution is 7.92. The molecule has 0 unspecified atom stereocenters. The summed E-state index contributed by atoms with van der Waals surface area (Å²) in [6, 6.07) is 1.98. The number of sulfonamides is 1. The molecule has 0 fully saturated rings. The van der Waals surface area contributed by atoms with Crippen LogP contribution in [0.15, 0.2) is 23.4 Å². The van der Waals surface area contributed by atoms with E-state index in [2.05, 4.69) is 14.7 Å². The monoisotopic (exact) mass is 350 g/mol. The van der Waals surface area contributed by atoms with Crippen LogP contribution in [0.2, 0.25) is 10.3 Å². The summed E-state index contributed by atoms with van der Waals surface area (Å²) >= 11 is 11.5. The highest BCUT2D eigenvalue weighted by Crippen LogP contribution is 2.29. The highest BCUT2D eigenvalue weighted by Gasteiger charge is 2.21. The minimum Gasteiger partial charge on any atom is -0.398 e. The van der Waals surface area contributed by atoms with Crippen LogP contribution < -0.4 is 10.5 Å². The quantitative estimate of drug-likeness (QED) is 0.654. The Kier molecular flexibility index (Phi) is 4.22. The number of nitrogens with two attached hydrogens (primary N) is 1. The van der Waals surface area contributed by atoms with Crippen LogP contribution in [0, 0.1) is 12.7 Å². The molecule has 2 rings (SSSR count). The van der Waals surface area contributed by atoms with Gasteiger partial charge in [0.05, 0.1) is 4.90 Å². The van der Waals surface area contributed by atoms with Gasteiger partial charge in [0.2, 0.25) is 0 Å². The molecule has 112 valence electrons. The molecule has 0 saturated carbocycles. The van der Waals surface area contributed by atoms with Crippen LogP contribution >= 0.6 is 23.2 Å². The highest BCUT2D eigenvalue weighted by atomic mass is 35.5. The van der Waals surface area contributed by atoms with Crippen molar-refractivity contribution in [2.75, 3.05) is 10.5 Å². The van der Waals surface area contributed by atoms with E-state index in [1.54, 1.807) is 0 Å². The minimum atomic E-state index is -4.14. The lowest BCUT2D eigenvalue weighted by Gasteiger charge is -2.11. The number of rotatable bonds is 3. The Balaban J connectivity index is 2.49. The number of aromatic nitrogens is 2. The summed E-state index contributed by atoms with van der Waals surface area (Å²) in [5.41, 5.74) is 5.54. The molecule has 3 N–H and O–H groups in total. The second-order valence-electron chi connectivity index (χ2n) is 4.06. The first-order valence-corrected chi connectivity index (χ1v) is 7.70. The Morgan fingerprint density at radius 3 is 2.33 bits per heavy atom. The summed E-state index contributed by atoms with van der Waals surface area (Å²) in [5.74, 6) is -0.739. The standard InChI is InChI=1S/C11H9Cl2FN4O2S/c1-5-7(14)2-6(3-8(5)15)21(19,20)18-9-10(12)16-4-17-11(9)13/h2-4,18H,15H2,1H3. The molecule has 0 aliphatic carbocycles. The molecule has 2 aromatic rings. The number of nitrogen functional groups attached to an aromatic ring is 1. The molecule has 0 aliphatic rings.